The topological polar surface area (TPSA) is 136 Å². The summed E-state index contributed by atoms with van der Waals surface area (Å²) in [5, 5.41) is 17.1. The van der Waals surface area contributed by atoms with E-state index in [1.807, 2.05) is 106 Å². The van der Waals surface area contributed by atoms with E-state index < -0.39 is 5.60 Å². The molecule has 2 aliphatic heterocycles. The van der Waals surface area contributed by atoms with Crippen LogP contribution in [0.15, 0.2) is 78.9 Å². The van der Waals surface area contributed by atoms with Gasteiger partial charge >= 0.3 is 6.09 Å². The van der Waals surface area contributed by atoms with Crippen LogP contribution in [0.3, 0.4) is 0 Å². The van der Waals surface area contributed by atoms with Gasteiger partial charge in [-0.1, -0.05) is 51.1 Å². The second-order valence-corrected chi connectivity index (χ2v) is 16.0. The molecule has 60 heavy (non-hydrogen) atoms. The van der Waals surface area contributed by atoms with Crippen LogP contribution >= 0.6 is 0 Å². The predicted octanol–water partition coefficient (Wildman–Crippen LogP) is 10.9. The standard InChI is InChI=1S/C26H36N2O4.C10H11NO.C9H9NO.C4H8O/c1-16(2)24-20-11-10-19(31-15-22-23(30-8)12-9-18(4)27-22)13-21(20)17(3)14-28(24)25(29)32-26(5,6)7;1-8(7-11)9-4-3-5-10(6-9)12-2;1-11-9-4-2-3-8(7-9)5-6-10;1-2-4-5-3-1/h9-13,16-17,24H,14-15H2,1-8H3;3-6,8H,1-2H3;2-4,7H,5H2,1H3;1-4H2. The Kier molecular flexibility index (Phi) is 19.7. The van der Waals surface area contributed by atoms with Crippen LogP contribution in [0.1, 0.15) is 113 Å². The van der Waals surface area contributed by atoms with Gasteiger partial charge in [-0.25, -0.2) is 4.79 Å². The average Bonchev–Trinajstić information content (AvgIpc) is 3.83. The zero-order valence-corrected chi connectivity index (χ0v) is 37.4. The molecule has 3 heterocycles. The molecule has 0 N–H and O–H groups in total. The van der Waals surface area contributed by atoms with Crippen molar-refractivity contribution in [1.82, 2.24) is 9.88 Å². The second kappa shape index (κ2) is 24.3. The lowest BCUT2D eigenvalue weighted by Gasteiger charge is -2.42. The van der Waals surface area contributed by atoms with Crippen molar-refractivity contribution in [3.63, 3.8) is 0 Å². The van der Waals surface area contributed by atoms with Gasteiger partial charge in [-0.3, -0.25) is 4.98 Å². The van der Waals surface area contributed by atoms with E-state index in [2.05, 4.69) is 50.0 Å². The SMILES string of the molecule is C1CCOC1.COc1ccc(C)nc1COc1ccc2c(c1)C(C)CN(C(=O)OC(C)(C)C)C2C(C)C.COc1cccc(C(C)C#N)c1.COc1cccc(CC#N)c1. The van der Waals surface area contributed by atoms with E-state index in [0.29, 0.717) is 19.6 Å². The maximum atomic E-state index is 13.0. The van der Waals surface area contributed by atoms with Gasteiger partial charge in [0.15, 0.2) is 0 Å². The lowest BCUT2D eigenvalue weighted by molar-refractivity contribution is 0.00665. The summed E-state index contributed by atoms with van der Waals surface area (Å²) >= 11 is 0. The zero-order chi connectivity index (χ0) is 44.2. The van der Waals surface area contributed by atoms with Crippen LogP contribution in [0.4, 0.5) is 4.79 Å². The molecule has 11 nitrogen and oxygen atoms in total. The molecule has 1 fully saturated rings. The fraction of sp³-hybridized carbons (Fsp3) is 0.469. The number of rotatable bonds is 9. The average molecular weight is 821 g/mol. The Labute approximate surface area is 358 Å². The van der Waals surface area contributed by atoms with Crippen molar-refractivity contribution in [2.45, 2.75) is 105 Å². The quantitative estimate of drug-likeness (QED) is 0.160. The van der Waals surface area contributed by atoms with Gasteiger partial charge < -0.3 is 33.3 Å². The third-order valence-electron chi connectivity index (χ3n) is 9.67. The van der Waals surface area contributed by atoms with Gasteiger partial charge in [-0.2, -0.15) is 10.5 Å². The van der Waals surface area contributed by atoms with E-state index in [4.69, 9.17) is 38.9 Å². The fourth-order valence-corrected chi connectivity index (χ4v) is 6.65. The van der Waals surface area contributed by atoms with Crippen LogP contribution in [0.25, 0.3) is 0 Å². The number of fused-ring (bicyclic) bond motifs is 1. The molecule has 3 unspecified atom stereocenters. The molecule has 1 saturated heterocycles. The van der Waals surface area contributed by atoms with Crippen molar-refractivity contribution in [2.24, 2.45) is 5.92 Å². The zero-order valence-electron chi connectivity index (χ0n) is 37.4. The largest absolute Gasteiger partial charge is 0.497 e. The van der Waals surface area contributed by atoms with Crippen molar-refractivity contribution in [3.05, 3.63) is 113 Å². The lowest BCUT2D eigenvalue weighted by Crippen LogP contribution is -2.45. The predicted molar refractivity (Wildman–Crippen MR) is 235 cm³/mol. The fourth-order valence-electron chi connectivity index (χ4n) is 6.65. The number of nitrogens with zero attached hydrogens (tertiary/aromatic N) is 4. The molecule has 0 aliphatic carbocycles. The molecule has 3 atom stereocenters. The molecule has 0 spiro atoms. The number of hydrogen-bond acceptors (Lipinski definition) is 10. The summed E-state index contributed by atoms with van der Waals surface area (Å²) in [5.74, 6) is 3.46. The number of nitriles is 2. The summed E-state index contributed by atoms with van der Waals surface area (Å²) in [6.45, 7) is 18.9. The van der Waals surface area contributed by atoms with Gasteiger partial charge in [-0.05, 0) is 130 Å². The molecule has 1 amide bonds. The van der Waals surface area contributed by atoms with Crippen LogP contribution < -0.4 is 18.9 Å². The summed E-state index contributed by atoms with van der Waals surface area (Å²) in [7, 11) is 4.88. The molecule has 11 heteroatoms. The summed E-state index contributed by atoms with van der Waals surface area (Å²) in [6.07, 6.45) is 2.74. The van der Waals surface area contributed by atoms with Gasteiger partial charge in [0.1, 0.15) is 40.9 Å². The Morgan fingerprint density at radius 2 is 1.53 bits per heavy atom. The monoisotopic (exact) mass is 820 g/mol. The van der Waals surface area contributed by atoms with Crippen LogP contribution in [0.5, 0.6) is 23.0 Å². The van der Waals surface area contributed by atoms with E-state index in [-0.39, 0.29) is 29.9 Å². The van der Waals surface area contributed by atoms with Crippen LogP contribution in [0.2, 0.25) is 0 Å². The maximum Gasteiger partial charge on any atom is 0.410 e. The first-order chi connectivity index (χ1) is 28.6. The lowest BCUT2D eigenvalue weighted by atomic mass is 9.82. The van der Waals surface area contributed by atoms with E-state index in [1.165, 1.54) is 18.4 Å². The summed E-state index contributed by atoms with van der Waals surface area (Å²) in [5.41, 5.74) is 5.53. The third-order valence-corrected chi connectivity index (χ3v) is 9.67. The molecule has 0 radical (unpaired) electrons. The molecular formula is C49H64N4O7. The van der Waals surface area contributed by atoms with E-state index >= 15 is 0 Å². The number of carbonyl (C=O) groups excluding carboxylic acids is 1. The normalized spacial score (nSPS) is 15.7. The Bertz CT molecular complexity index is 2020. The van der Waals surface area contributed by atoms with Crippen LogP contribution in [0, 0.1) is 35.5 Å². The van der Waals surface area contributed by atoms with Gasteiger partial charge in [0, 0.05) is 25.5 Å². The summed E-state index contributed by atoms with van der Waals surface area (Å²) in [4.78, 5) is 19.4. The molecule has 1 aromatic heterocycles. The summed E-state index contributed by atoms with van der Waals surface area (Å²) < 4.78 is 32.2. The highest BCUT2D eigenvalue weighted by Gasteiger charge is 2.38. The van der Waals surface area contributed by atoms with E-state index in [9.17, 15) is 4.79 Å². The minimum Gasteiger partial charge on any atom is -0.497 e. The van der Waals surface area contributed by atoms with Gasteiger partial charge in [-0.15, -0.1) is 0 Å². The van der Waals surface area contributed by atoms with Crippen molar-refractivity contribution >= 4 is 6.09 Å². The molecule has 4 aromatic rings. The molecule has 0 saturated carbocycles. The van der Waals surface area contributed by atoms with Crippen molar-refractivity contribution < 1.29 is 33.2 Å². The second-order valence-electron chi connectivity index (χ2n) is 16.0. The molecule has 3 aromatic carbocycles. The number of pyridine rings is 1. The highest BCUT2D eigenvalue weighted by atomic mass is 16.6. The van der Waals surface area contributed by atoms with Crippen molar-refractivity contribution in [2.75, 3.05) is 41.1 Å². The number of carbonyl (C=O) groups is 1. The van der Waals surface area contributed by atoms with Crippen LogP contribution in [-0.4, -0.2) is 62.7 Å². The number of hydrogen-bond donors (Lipinski definition) is 0. The Morgan fingerprint density at radius 3 is 2.10 bits per heavy atom. The first kappa shape index (κ1) is 48.6. The van der Waals surface area contributed by atoms with Gasteiger partial charge in [0.2, 0.25) is 0 Å². The Balaban J connectivity index is 0.000000276. The highest BCUT2D eigenvalue weighted by molar-refractivity contribution is 5.70. The molecular weight excluding hydrogens is 757 g/mol. The Morgan fingerprint density at radius 1 is 0.867 bits per heavy atom. The first-order valence-corrected chi connectivity index (χ1v) is 20.5. The molecule has 0 bridgehead atoms. The maximum absolute atomic E-state index is 13.0. The number of methoxy groups -OCH3 is 3. The van der Waals surface area contributed by atoms with Gasteiger partial charge in [0.25, 0.3) is 0 Å². The highest BCUT2D eigenvalue weighted by Crippen LogP contribution is 2.42. The number of benzene rings is 3. The summed E-state index contributed by atoms with van der Waals surface area (Å²) in [6, 6.07) is 29.3. The van der Waals surface area contributed by atoms with E-state index in [0.717, 1.165) is 64.3 Å². The smallest absolute Gasteiger partial charge is 0.410 e. The minimum absolute atomic E-state index is 0.0383. The first-order valence-electron chi connectivity index (χ1n) is 20.5. The number of ether oxygens (including phenoxy) is 6. The Hall–Kier alpha value is -5.78. The van der Waals surface area contributed by atoms with Crippen molar-refractivity contribution in [1.29, 1.82) is 10.5 Å². The third kappa shape index (κ3) is 15.4. The molecule has 2 aliphatic rings. The van der Waals surface area contributed by atoms with Gasteiger partial charge in [0.05, 0.1) is 51.8 Å². The number of amides is 1. The number of aryl methyl sites for hydroxylation is 1. The molecule has 322 valence electrons. The molecule has 6 rings (SSSR count). The van der Waals surface area contributed by atoms with Crippen molar-refractivity contribution in [3.8, 4) is 35.1 Å². The number of aromatic nitrogens is 1. The van der Waals surface area contributed by atoms with Crippen LogP contribution in [-0.2, 0) is 22.5 Å². The van der Waals surface area contributed by atoms with E-state index in [1.54, 1.807) is 21.3 Å². The minimum atomic E-state index is -0.523.